The number of halogens is 1. The van der Waals surface area contributed by atoms with Crippen LogP contribution in [-0.4, -0.2) is 36.0 Å². The highest BCUT2D eigenvalue weighted by Crippen LogP contribution is 2.33. The Labute approximate surface area is 216 Å². The monoisotopic (exact) mass is 503 g/mol. The molecule has 0 bridgehead atoms. The minimum atomic E-state index is -0.281. The standard InChI is InChI=1S/C29H22FN7O/c30-20-9-7-16(8-10-20)22-5-2-6-24-25(22)35-28(34-24)26-23-12-19(14-32-27(23)37-36-26)18-11-21(15-31-13-18)33-29(38)17-3-1-4-17/h2,5-15,17H,1,3-4H2,(H,33,38)(H,34,35)(H,32,36,37). The van der Waals surface area contributed by atoms with Gasteiger partial charge in [0.1, 0.15) is 11.5 Å². The lowest BCUT2D eigenvalue weighted by molar-refractivity contribution is -0.122. The van der Waals surface area contributed by atoms with E-state index in [0.717, 1.165) is 57.9 Å². The fraction of sp³-hybridized carbons (Fsp3) is 0.138. The number of imidazole rings is 1. The maximum atomic E-state index is 13.5. The molecule has 4 aromatic heterocycles. The highest BCUT2D eigenvalue weighted by Gasteiger charge is 2.25. The van der Waals surface area contributed by atoms with Gasteiger partial charge in [-0.2, -0.15) is 5.10 Å². The number of hydrogen-bond donors (Lipinski definition) is 3. The van der Waals surface area contributed by atoms with E-state index in [1.165, 1.54) is 12.1 Å². The van der Waals surface area contributed by atoms with E-state index in [0.29, 0.717) is 22.9 Å². The van der Waals surface area contributed by atoms with Crippen molar-refractivity contribution in [2.75, 3.05) is 5.32 Å². The minimum Gasteiger partial charge on any atom is -0.337 e. The Morgan fingerprint density at radius 2 is 1.82 bits per heavy atom. The first-order valence-electron chi connectivity index (χ1n) is 12.5. The topological polar surface area (TPSA) is 112 Å². The fourth-order valence-corrected chi connectivity index (χ4v) is 4.83. The van der Waals surface area contributed by atoms with Crippen LogP contribution in [-0.2, 0) is 4.79 Å². The van der Waals surface area contributed by atoms with Crippen molar-refractivity contribution in [3.63, 3.8) is 0 Å². The quantitative estimate of drug-likeness (QED) is 0.263. The van der Waals surface area contributed by atoms with Gasteiger partial charge in [0.15, 0.2) is 11.5 Å². The van der Waals surface area contributed by atoms with E-state index in [-0.39, 0.29) is 17.6 Å². The number of pyridine rings is 2. The number of aromatic amines is 2. The molecule has 186 valence electrons. The van der Waals surface area contributed by atoms with Crippen molar-refractivity contribution < 1.29 is 9.18 Å². The summed E-state index contributed by atoms with van der Waals surface area (Å²) in [4.78, 5) is 29.5. The molecule has 0 spiro atoms. The summed E-state index contributed by atoms with van der Waals surface area (Å²) < 4.78 is 13.5. The van der Waals surface area contributed by atoms with E-state index in [1.54, 1.807) is 30.7 Å². The largest absolute Gasteiger partial charge is 0.337 e. The molecule has 1 aliphatic carbocycles. The Morgan fingerprint density at radius 3 is 2.63 bits per heavy atom. The summed E-state index contributed by atoms with van der Waals surface area (Å²) in [7, 11) is 0. The van der Waals surface area contributed by atoms with E-state index < -0.39 is 0 Å². The van der Waals surface area contributed by atoms with Crippen LogP contribution < -0.4 is 5.32 Å². The van der Waals surface area contributed by atoms with E-state index in [2.05, 4.69) is 30.5 Å². The first-order valence-corrected chi connectivity index (χ1v) is 12.5. The van der Waals surface area contributed by atoms with Gasteiger partial charge in [-0.25, -0.2) is 14.4 Å². The summed E-state index contributed by atoms with van der Waals surface area (Å²) in [6.45, 7) is 0. The van der Waals surface area contributed by atoms with E-state index in [4.69, 9.17) is 4.98 Å². The van der Waals surface area contributed by atoms with Crippen LogP contribution >= 0.6 is 0 Å². The molecule has 3 N–H and O–H groups in total. The summed E-state index contributed by atoms with van der Waals surface area (Å²) in [6.07, 6.45) is 8.14. The normalized spacial score (nSPS) is 13.6. The van der Waals surface area contributed by atoms with Gasteiger partial charge in [-0.15, -0.1) is 0 Å². The molecule has 0 radical (unpaired) electrons. The SMILES string of the molecule is O=C(Nc1cncc(-c2cnc3[nH]nc(-c4nc5c(-c6ccc(F)cc6)cccc5[nH]4)c3c2)c1)C1CCC1. The number of amides is 1. The van der Waals surface area contributed by atoms with Gasteiger partial charge in [0.25, 0.3) is 0 Å². The number of aromatic nitrogens is 6. The highest BCUT2D eigenvalue weighted by molar-refractivity contribution is 5.97. The zero-order valence-electron chi connectivity index (χ0n) is 20.2. The van der Waals surface area contributed by atoms with Crippen molar-refractivity contribution in [1.29, 1.82) is 0 Å². The molecule has 0 aliphatic heterocycles. The van der Waals surface area contributed by atoms with Gasteiger partial charge in [0.2, 0.25) is 5.91 Å². The number of hydrogen-bond acceptors (Lipinski definition) is 5. The number of fused-ring (bicyclic) bond motifs is 2. The van der Waals surface area contributed by atoms with Crippen LogP contribution in [0, 0.1) is 11.7 Å². The molecule has 38 heavy (non-hydrogen) atoms. The number of H-pyrrole nitrogens is 2. The predicted molar refractivity (Wildman–Crippen MR) is 144 cm³/mol. The van der Waals surface area contributed by atoms with Crippen molar-refractivity contribution >= 4 is 33.7 Å². The number of carbonyl (C=O) groups is 1. The minimum absolute atomic E-state index is 0.0470. The fourth-order valence-electron chi connectivity index (χ4n) is 4.83. The molecule has 2 aromatic carbocycles. The van der Waals surface area contributed by atoms with Gasteiger partial charge >= 0.3 is 0 Å². The Kier molecular flexibility index (Phi) is 5.21. The molecule has 1 aliphatic rings. The van der Waals surface area contributed by atoms with Gasteiger partial charge < -0.3 is 10.3 Å². The number of rotatable bonds is 5. The maximum Gasteiger partial charge on any atom is 0.227 e. The molecule has 0 unspecified atom stereocenters. The second kappa shape index (κ2) is 8.88. The molecule has 1 amide bonds. The number of benzene rings is 2. The molecular weight excluding hydrogens is 481 g/mol. The summed E-state index contributed by atoms with van der Waals surface area (Å²) in [6, 6.07) is 16.1. The van der Waals surface area contributed by atoms with Crippen LogP contribution in [0.5, 0.6) is 0 Å². The van der Waals surface area contributed by atoms with E-state index >= 15 is 0 Å². The lowest BCUT2D eigenvalue weighted by Crippen LogP contribution is -2.28. The Hall–Kier alpha value is -4.92. The molecule has 7 rings (SSSR count). The van der Waals surface area contributed by atoms with Gasteiger partial charge in [0.05, 0.1) is 28.3 Å². The van der Waals surface area contributed by atoms with Crippen LogP contribution in [0.2, 0.25) is 0 Å². The molecule has 8 nitrogen and oxygen atoms in total. The molecular formula is C29H22FN7O. The zero-order chi connectivity index (χ0) is 25.6. The van der Waals surface area contributed by atoms with Crippen molar-refractivity contribution in [1.82, 2.24) is 30.1 Å². The maximum absolute atomic E-state index is 13.5. The average Bonchev–Trinajstić information content (AvgIpc) is 3.52. The Balaban J connectivity index is 1.26. The van der Waals surface area contributed by atoms with Crippen LogP contribution in [0.3, 0.4) is 0 Å². The molecule has 1 saturated carbocycles. The van der Waals surface area contributed by atoms with Crippen molar-refractivity contribution in [3.05, 3.63) is 79.0 Å². The van der Waals surface area contributed by atoms with Gasteiger partial charge in [-0.3, -0.25) is 14.9 Å². The van der Waals surface area contributed by atoms with Gasteiger partial charge in [-0.1, -0.05) is 30.7 Å². The number of carbonyl (C=O) groups excluding carboxylic acids is 1. The lowest BCUT2D eigenvalue weighted by Gasteiger charge is -2.24. The first kappa shape index (κ1) is 22.3. The average molecular weight is 504 g/mol. The molecule has 6 aromatic rings. The third-order valence-corrected chi connectivity index (χ3v) is 7.12. The third-order valence-electron chi connectivity index (χ3n) is 7.12. The smallest absolute Gasteiger partial charge is 0.227 e. The van der Waals surface area contributed by atoms with Crippen molar-refractivity contribution in [2.24, 2.45) is 5.92 Å². The highest BCUT2D eigenvalue weighted by atomic mass is 19.1. The zero-order valence-corrected chi connectivity index (χ0v) is 20.2. The van der Waals surface area contributed by atoms with Crippen LogP contribution in [0.15, 0.2) is 73.2 Å². The molecule has 4 heterocycles. The summed E-state index contributed by atoms with van der Waals surface area (Å²) in [5.41, 5.74) is 7.00. The first-order chi connectivity index (χ1) is 18.6. The van der Waals surface area contributed by atoms with Gasteiger partial charge in [0, 0.05) is 35.0 Å². The molecule has 0 saturated heterocycles. The summed E-state index contributed by atoms with van der Waals surface area (Å²) in [5.74, 6) is 0.458. The number of anilines is 1. The Morgan fingerprint density at radius 1 is 0.974 bits per heavy atom. The second-order valence-corrected chi connectivity index (χ2v) is 9.57. The van der Waals surface area contributed by atoms with Crippen molar-refractivity contribution in [3.8, 4) is 33.8 Å². The summed E-state index contributed by atoms with van der Waals surface area (Å²) in [5, 5.41) is 11.3. The Bertz CT molecular complexity index is 1820. The number of para-hydroxylation sites is 1. The molecule has 0 atom stereocenters. The molecule has 9 heteroatoms. The van der Waals surface area contributed by atoms with Crippen molar-refractivity contribution in [2.45, 2.75) is 19.3 Å². The van der Waals surface area contributed by atoms with Gasteiger partial charge in [-0.05, 0) is 48.7 Å². The molecule has 1 fully saturated rings. The van der Waals surface area contributed by atoms with E-state index in [1.807, 2.05) is 30.3 Å². The third kappa shape index (κ3) is 3.88. The number of nitrogens with zero attached hydrogens (tertiary/aromatic N) is 4. The van der Waals surface area contributed by atoms with E-state index in [9.17, 15) is 9.18 Å². The summed E-state index contributed by atoms with van der Waals surface area (Å²) >= 11 is 0. The predicted octanol–water partition coefficient (Wildman–Crippen LogP) is 6.11. The van der Waals surface area contributed by atoms with Crippen LogP contribution in [0.25, 0.3) is 55.8 Å². The van der Waals surface area contributed by atoms with Crippen LogP contribution in [0.4, 0.5) is 10.1 Å². The lowest BCUT2D eigenvalue weighted by atomic mass is 9.85. The number of nitrogens with one attached hydrogen (secondary N) is 3. The second-order valence-electron chi connectivity index (χ2n) is 9.57. The van der Waals surface area contributed by atoms with Crippen LogP contribution in [0.1, 0.15) is 19.3 Å².